The number of rotatable bonds is 9. The highest BCUT2D eigenvalue weighted by atomic mass is 16.3. The lowest BCUT2D eigenvalue weighted by Crippen LogP contribution is -2.45. The molecular formula is C30H46N8O2. The molecule has 3 aliphatic rings. The second kappa shape index (κ2) is 12.7. The molecule has 4 N–H and O–H groups in total. The lowest BCUT2D eigenvalue weighted by molar-refractivity contribution is 0.0836. The Bertz CT molecular complexity index is 1290. The van der Waals surface area contributed by atoms with Crippen molar-refractivity contribution in [1.29, 1.82) is 0 Å². The molecule has 5 rings (SSSR count). The van der Waals surface area contributed by atoms with Gasteiger partial charge >= 0.3 is 0 Å². The quantitative estimate of drug-likeness (QED) is 0.365. The summed E-state index contributed by atoms with van der Waals surface area (Å²) in [6, 6.07) is 2.15. The van der Waals surface area contributed by atoms with E-state index in [-0.39, 0.29) is 12.5 Å². The predicted molar refractivity (Wildman–Crippen MR) is 160 cm³/mol. The molecule has 0 spiro atoms. The maximum absolute atomic E-state index is 13.2. The molecule has 1 saturated heterocycles. The third kappa shape index (κ3) is 6.85. The molecule has 4 heterocycles. The summed E-state index contributed by atoms with van der Waals surface area (Å²) >= 11 is 0. The fraction of sp³-hybridized carbons (Fsp3) is 0.633. The molecule has 2 aromatic heterocycles. The largest absolute Gasteiger partial charge is 0.390 e. The van der Waals surface area contributed by atoms with Gasteiger partial charge in [-0.3, -0.25) is 9.69 Å². The number of hydrogen-bond acceptors (Lipinski definition) is 8. The minimum absolute atomic E-state index is 0.173. The molecule has 1 amide bonds. The SMILES string of the molecule is C/C=c1/c2c([nH]/c1=C/C(C)C)CN(CC(O)CNC(=O)c1cc(NC3CCC3)nc(N3CCN(C)CC3)n1)CC2. The number of hydrogen-bond donors (Lipinski definition) is 4. The van der Waals surface area contributed by atoms with E-state index in [0.717, 1.165) is 58.5 Å². The van der Waals surface area contributed by atoms with E-state index in [9.17, 15) is 9.90 Å². The topological polar surface area (TPSA) is 113 Å². The highest BCUT2D eigenvalue weighted by molar-refractivity contribution is 5.93. The zero-order valence-corrected chi connectivity index (χ0v) is 24.5. The minimum atomic E-state index is -0.675. The van der Waals surface area contributed by atoms with Crippen LogP contribution in [0, 0.1) is 5.92 Å². The Morgan fingerprint density at radius 1 is 1.20 bits per heavy atom. The van der Waals surface area contributed by atoms with Crippen LogP contribution in [-0.4, -0.2) is 101 Å². The number of carbonyl (C=O) groups excluding carboxylic acids is 1. The average molecular weight is 551 g/mol. The van der Waals surface area contributed by atoms with Gasteiger partial charge in [-0.2, -0.15) is 4.98 Å². The molecule has 1 aliphatic carbocycles. The zero-order valence-electron chi connectivity index (χ0n) is 24.5. The van der Waals surface area contributed by atoms with Crippen molar-refractivity contribution < 1.29 is 9.90 Å². The first-order valence-corrected chi connectivity index (χ1v) is 14.9. The van der Waals surface area contributed by atoms with Gasteiger partial charge in [0.2, 0.25) is 5.95 Å². The second-order valence-electron chi connectivity index (χ2n) is 12.0. The smallest absolute Gasteiger partial charge is 0.270 e. The molecule has 0 aromatic carbocycles. The van der Waals surface area contributed by atoms with Gasteiger partial charge in [0.1, 0.15) is 11.5 Å². The van der Waals surface area contributed by atoms with Crippen molar-refractivity contribution in [2.24, 2.45) is 5.92 Å². The van der Waals surface area contributed by atoms with Crippen molar-refractivity contribution in [2.45, 2.75) is 65.1 Å². The molecule has 1 atom stereocenters. The van der Waals surface area contributed by atoms with Crippen LogP contribution in [0.25, 0.3) is 12.2 Å². The molecule has 0 bridgehead atoms. The van der Waals surface area contributed by atoms with Crippen molar-refractivity contribution in [2.75, 3.05) is 63.1 Å². The number of anilines is 2. The van der Waals surface area contributed by atoms with Crippen LogP contribution in [0.15, 0.2) is 6.07 Å². The van der Waals surface area contributed by atoms with Gasteiger partial charge in [0.05, 0.1) is 6.10 Å². The van der Waals surface area contributed by atoms with Gasteiger partial charge in [-0.25, -0.2) is 4.98 Å². The van der Waals surface area contributed by atoms with Crippen molar-refractivity contribution in [1.82, 2.24) is 30.1 Å². The lowest BCUT2D eigenvalue weighted by Gasteiger charge is -2.33. The summed E-state index contributed by atoms with van der Waals surface area (Å²) in [5, 5.41) is 19.7. The van der Waals surface area contributed by atoms with Crippen LogP contribution >= 0.6 is 0 Å². The van der Waals surface area contributed by atoms with Crippen LogP contribution in [0.1, 0.15) is 61.8 Å². The number of aliphatic hydroxyl groups excluding tert-OH is 1. The molecular weight excluding hydrogens is 504 g/mol. The third-order valence-corrected chi connectivity index (χ3v) is 8.27. The molecule has 0 radical (unpaired) electrons. The van der Waals surface area contributed by atoms with Crippen LogP contribution in [-0.2, 0) is 13.0 Å². The first kappa shape index (κ1) is 28.6. The van der Waals surface area contributed by atoms with Gasteiger partial charge in [-0.1, -0.05) is 26.0 Å². The molecule has 2 fully saturated rings. The number of piperazine rings is 1. The summed E-state index contributed by atoms with van der Waals surface area (Å²) in [5.74, 6) is 1.48. The highest BCUT2D eigenvalue weighted by Gasteiger charge is 2.24. The van der Waals surface area contributed by atoms with Crippen LogP contribution < -0.4 is 26.1 Å². The van der Waals surface area contributed by atoms with Crippen molar-refractivity contribution in [3.05, 3.63) is 33.6 Å². The Morgan fingerprint density at radius 2 is 1.98 bits per heavy atom. The van der Waals surface area contributed by atoms with Crippen LogP contribution in [0.5, 0.6) is 0 Å². The van der Waals surface area contributed by atoms with E-state index in [4.69, 9.17) is 4.98 Å². The average Bonchev–Trinajstić information content (AvgIpc) is 3.25. The molecule has 10 nitrogen and oxygen atoms in total. The fourth-order valence-electron chi connectivity index (χ4n) is 5.77. The van der Waals surface area contributed by atoms with Gasteiger partial charge in [-0.05, 0) is 56.4 Å². The normalized spacial score (nSPS) is 20.5. The molecule has 218 valence electrons. The standard InChI is InChI=1S/C30H46N8O2/c1-5-23-24-9-10-37(19-27(24)33-25(23)15-20(2)3)18-22(39)17-31-29(40)26-16-28(32-21-7-6-8-21)35-30(34-26)38-13-11-36(4)12-14-38/h5,15-16,20-22,33,39H,6-14,17-19H2,1-4H3,(H,31,40)(H,32,34,35)/b23-5-,25-15+. The van der Waals surface area contributed by atoms with E-state index in [1.54, 1.807) is 6.07 Å². The maximum Gasteiger partial charge on any atom is 0.270 e. The second-order valence-corrected chi connectivity index (χ2v) is 12.0. The molecule has 2 aromatic rings. The van der Waals surface area contributed by atoms with Gasteiger partial charge in [0.15, 0.2) is 0 Å². The molecule has 2 aliphatic heterocycles. The highest BCUT2D eigenvalue weighted by Crippen LogP contribution is 2.24. The van der Waals surface area contributed by atoms with E-state index >= 15 is 0 Å². The Hall–Kier alpha value is -2.95. The Labute approximate surface area is 237 Å². The number of aliphatic hydroxyl groups is 1. The van der Waals surface area contributed by atoms with E-state index in [0.29, 0.717) is 36.0 Å². The summed E-state index contributed by atoms with van der Waals surface area (Å²) in [5.41, 5.74) is 2.95. The van der Waals surface area contributed by atoms with Gasteiger partial charge < -0.3 is 30.5 Å². The Kier molecular flexibility index (Phi) is 9.07. The number of aromatic nitrogens is 3. The number of nitrogens with one attached hydrogen (secondary N) is 3. The van der Waals surface area contributed by atoms with Crippen molar-refractivity contribution in [3.8, 4) is 0 Å². The lowest BCUT2D eigenvalue weighted by atomic mass is 9.93. The zero-order chi connectivity index (χ0) is 28.2. The Balaban J connectivity index is 1.20. The number of aromatic amines is 1. The number of nitrogens with zero attached hydrogens (tertiary/aromatic N) is 5. The fourth-order valence-corrected chi connectivity index (χ4v) is 5.77. The van der Waals surface area contributed by atoms with E-state index in [2.05, 4.69) is 75.3 Å². The number of amides is 1. The number of H-pyrrole nitrogens is 1. The number of likely N-dealkylation sites (N-methyl/N-ethyl adjacent to an activating group) is 1. The van der Waals surface area contributed by atoms with Crippen molar-refractivity contribution in [3.63, 3.8) is 0 Å². The Morgan fingerprint density at radius 3 is 2.65 bits per heavy atom. The number of β-amino-alcohol motifs (C(OH)–C–C–N with tert-alkyl or cyclic N) is 1. The molecule has 1 saturated carbocycles. The first-order chi connectivity index (χ1) is 19.3. The summed E-state index contributed by atoms with van der Waals surface area (Å²) in [6.07, 6.45) is 8.21. The molecule has 40 heavy (non-hydrogen) atoms. The van der Waals surface area contributed by atoms with Crippen LogP contribution in [0.3, 0.4) is 0 Å². The summed E-state index contributed by atoms with van der Waals surface area (Å²) in [7, 11) is 2.11. The molecule has 10 heteroatoms. The number of fused-ring (bicyclic) bond motifs is 1. The minimum Gasteiger partial charge on any atom is -0.390 e. The van der Waals surface area contributed by atoms with Gasteiger partial charge in [0.25, 0.3) is 5.91 Å². The summed E-state index contributed by atoms with van der Waals surface area (Å²) in [4.78, 5) is 32.9. The number of carbonyl (C=O) groups is 1. The maximum atomic E-state index is 13.2. The van der Waals surface area contributed by atoms with Crippen LogP contribution in [0.4, 0.5) is 11.8 Å². The monoisotopic (exact) mass is 550 g/mol. The van der Waals surface area contributed by atoms with E-state index in [1.165, 1.54) is 28.2 Å². The van der Waals surface area contributed by atoms with Crippen LogP contribution in [0.2, 0.25) is 0 Å². The van der Waals surface area contributed by atoms with Crippen molar-refractivity contribution >= 4 is 29.8 Å². The van der Waals surface area contributed by atoms with Gasteiger partial charge in [-0.15, -0.1) is 0 Å². The summed E-state index contributed by atoms with van der Waals surface area (Å²) in [6.45, 7) is 12.3. The predicted octanol–water partition coefficient (Wildman–Crippen LogP) is 0.907. The van der Waals surface area contributed by atoms with E-state index in [1.807, 2.05) is 0 Å². The van der Waals surface area contributed by atoms with Gasteiger partial charge in [0, 0.05) is 75.5 Å². The summed E-state index contributed by atoms with van der Waals surface area (Å²) < 4.78 is 0. The molecule has 1 unspecified atom stereocenters. The van der Waals surface area contributed by atoms with E-state index < -0.39 is 6.10 Å². The first-order valence-electron chi connectivity index (χ1n) is 14.9. The third-order valence-electron chi connectivity index (χ3n) is 8.27.